The van der Waals surface area contributed by atoms with Crippen molar-refractivity contribution >= 4 is 23.1 Å². The van der Waals surface area contributed by atoms with Crippen LogP contribution >= 0.6 is 11.6 Å². The highest BCUT2D eigenvalue weighted by atomic mass is 35.5. The fraction of sp³-hybridized carbons (Fsp3) is 0.100. The van der Waals surface area contributed by atoms with Crippen LogP contribution in [-0.4, -0.2) is 15.2 Å². The smallest absolute Gasteiger partial charge is 0.151 e. The molecule has 0 saturated carbocycles. The van der Waals surface area contributed by atoms with Crippen LogP contribution in [0.4, 0.5) is 11.5 Å². The van der Waals surface area contributed by atoms with Gasteiger partial charge in [0.1, 0.15) is 5.15 Å². The van der Waals surface area contributed by atoms with E-state index in [0.29, 0.717) is 23.2 Å². The summed E-state index contributed by atoms with van der Waals surface area (Å²) in [5.41, 5.74) is 7.09. The Kier molecular flexibility index (Phi) is 3.16. The van der Waals surface area contributed by atoms with Crippen molar-refractivity contribution in [2.75, 3.05) is 11.1 Å². The van der Waals surface area contributed by atoms with Crippen LogP contribution in [0.5, 0.6) is 0 Å². The molecule has 0 saturated heterocycles. The first kappa shape index (κ1) is 10.6. The number of halogens is 1. The lowest BCUT2D eigenvalue weighted by molar-refractivity contribution is 0.921. The highest BCUT2D eigenvalue weighted by Gasteiger charge is 2.02. The summed E-state index contributed by atoms with van der Waals surface area (Å²) in [5.74, 6) is 0.554. The molecule has 0 aliphatic heterocycles. The summed E-state index contributed by atoms with van der Waals surface area (Å²) in [5, 5.41) is 11.1. The van der Waals surface area contributed by atoms with Crippen LogP contribution in [0.25, 0.3) is 0 Å². The predicted molar refractivity (Wildman–Crippen MR) is 63.0 cm³/mol. The Balaban J connectivity index is 2.08. The van der Waals surface area contributed by atoms with Gasteiger partial charge in [-0.25, -0.2) is 4.98 Å². The van der Waals surface area contributed by atoms with E-state index in [1.54, 1.807) is 18.3 Å². The van der Waals surface area contributed by atoms with Crippen LogP contribution in [0.2, 0.25) is 5.15 Å². The number of nitrogens with two attached hydrogens (primary N) is 1. The van der Waals surface area contributed by atoms with E-state index >= 15 is 0 Å². The van der Waals surface area contributed by atoms with E-state index < -0.39 is 0 Å². The Morgan fingerprint density at radius 2 is 2.19 bits per heavy atom. The molecule has 0 aliphatic rings. The first-order valence-corrected chi connectivity index (χ1v) is 5.06. The number of hydrogen-bond acceptors (Lipinski definition) is 5. The van der Waals surface area contributed by atoms with Gasteiger partial charge in [0.2, 0.25) is 0 Å². The van der Waals surface area contributed by atoms with Gasteiger partial charge in [-0.2, -0.15) is 10.2 Å². The molecule has 0 bridgehead atoms. The summed E-state index contributed by atoms with van der Waals surface area (Å²) < 4.78 is 0. The zero-order valence-corrected chi connectivity index (χ0v) is 9.15. The number of hydrogen-bond donors (Lipinski definition) is 2. The normalized spacial score (nSPS) is 10.1. The van der Waals surface area contributed by atoms with Crippen molar-refractivity contribution in [2.45, 2.75) is 6.54 Å². The van der Waals surface area contributed by atoms with E-state index in [2.05, 4.69) is 20.5 Å². The summed E-state index contributed by atoms with van der Waals surface area (Å²) in [6, 6.07) is 7.03. The first-order valence-electron chi connectivity index (χ1n) is 4.68. The number of nitrogens with one attached hydrogen (secondary N) is 1. The van der Waals surface area contributed by atoms with Gasteiger partial charge in [-0.05, 0) is 24.3 Å². The second-order valence-corrected chi connectivity index (χ2v) is 3.53. The molecular formula is C10H10ClN5. The summed E-state index contributed by atoms with van der Waals surface area (Å²) in [7, 11) is 0. The lowest BCUT2D eigenvalue weighted by atomic mass is 10.3. The van der Waals surface area contributed by atoms with Gasteiger partial charge in [0.15, 0.2) is 5.82 Å². The topological polar surface area (TPSA) is 76.7 Å². The molecule has 0 unspecified atom stereocenters. The van der Waals surface area contributed by atoms with E-state index in [1.807, 2.05) is 12.1 Å². The minimum absolute atomic E-state index is 0.399. The van der Waals surface area contributed by atoms with Crippen molar-refractivity contribution < 1.29 is 0 Å². The Morgan fingerprint density at radius 1 is 1.31 bits per heavy atom. The van der Waals surface area contributed by atoms with Crippen LogP contribution in [0.3, 0.4) is 0 Å². The van der Waals surface area contributed by atoms with Crippen LogP contribution in [0.15, 0.2) is 30.5 Å². The van der Waals surface area contributed by atoms with Gasteiger partial charge < -0.3 is 11.1 Å². The molecule has 0 atom stereocenters. The fourth-order valence-electron chi connectivity index (χ4n) is 1.19. The molecule has 0 spiro atoms. The molecule has 2 aromatic heterocycles. The molecule has 0 amide bonds. The standard InChI is InChI=1S/C10H10ClN5/c11-9-4-3-8(12)10(15-9)13-6-7-2-1-5-14-16-7/h1-5H,6,12H2,(H,13,15). The maximum Gasteiger partial charge on any atom is 0.151 e. The number of anilines is 2. The average molecular weight is 236 g/mol. The molecule has 2 rings (SSSR count). The Bertz CT molecular complexity index is 474. The van der Waals surface area contributed by atoms with E-state index in [0.717, 1.165) is 5.69 Å². The molecule has 0 radical (unpaired) electrons. The second kappa shape index (κ2) is 4.76. The zero-order valence-electron chi connectivity index (χ0n) is 8.39. The van der Waals surface area contributed by atoms with Crippen LogP contribution in [-0.2, 0) is 6.54 Å². The van der Waals surface area contributed by atoms with Crippen molar-refractivity contribution in [1.82, 2.24) is 15.2 Å². The Morgan fingerprint density at radius 3 is 2.94 bits per heavy atom. The minimum atomic E-state index is 0.399. The lowest BCUT2D eigenvalue weighted by Crippen LogP contribution is -2.06. The van der Waals surface area contributed by atoms with E-state index in [1.165, 1.54) is 0 Å². The summed E-state index contributed by atoms with van der Waals surface area (Å²) in [4.78, 5) is 4.07. The fourth-order valence-corrected chi connectivity index (χ4v) is 1.34. The second-order valence-electron chi connectivity index (χ2n) is 3.14. The molecule has 5 nitrogen and oxygen atoms in total. The highest BCUT2D eigenvalue weighted by Crippen LogP contribution is 2.18. The number of rotatable bonds is 3. The third kappa shape index (κ3) is 2.58. The van der Waals surface area contributed by atoms with Gasteiger partial charge in [-0.3, -0.25) is 0 Å². The SMILES string of the molecule is Nc1ccc(Cl)nc1NCc1cccnn1. The van der Waals surface area contributed by atoms with Gasteiger partial charge in [0, 0.05) is 6.20 Å². The average Bonchev–Trinajstić information content (AvgIpc) is 2.32. The number of nitrogen functional groups attached to an aromatic ring is 1. The van der Waals surface area contributed by atoms with Crippen molar-refractivity contribution in [3.05, 3.63) is 41.3 Å². The highest BCUT2D eigenvalue weighted by molar-refractivity contribution is 6.29. The van der Waals surface area contributed by atoms with Crippen molar-refractivity contribution in [3.8, 4) is 0 Å². The van der Waals surface area contributed by atoms with Gasteiger partial charge in [0.05, 0.1) is 17.9 Å². The maximum atomic E-state index is 5.76. The summed E-state index contributed by atoms with van der Waals surface area (Å²) in [6.07, 6.45) is 1.62. The van der Waals surface area contributed by atoms with Gasteiger partial charge >= 0.3 is 0 Å². The molecule has 2 heterocycles. The summed E-state index contributed by atoms with van der Waals surface area (Å²) >= 11 is 5.76. The van der Waals surface area contributed by atoms with Crippen molar-refractivity contribution in [3.63, 3.8) is 0 Å². The van der Waals surface area contributed by atoms with Crippen molar-refractivity contribution in [1.29, 1.82) is 0 Å². The van der Waals surface area contributed by atoms with Gasteiger partial charge in [-0.15, -0.1) is 0 Å². The molecule has 6 heteroatoms. The molecule has 82 valence electrons. The molecule has 2 aromatic rings. The number of aromatic nitrogens is 3. The van der Waals surface area contributed by atoms with Crippen LogP contribution in [0, 0.1) is 0 Å². The molecule has 0 aromatic carbocycles. The largest absolute Gasteiger partial charge is 0.396 e. The molecular weight excluding hydrogens is 226 g/mol. The van der Waals surface area contributed by atoms with E-state index in [4.69, 9.17) is 17.3 Å². The number of nitrogens with zero attached hydrogens (tertiary/aromatic N) is 3. The van der Waals surface area contributed by atoms with Gasteiger partial charge in [-0.1, -0.05) is 11.6 Å². The third-order valence-corrected chi connectivity index (χ3v) is 2.17. The van der Waals surface area contributed by atoms with Gasteiger partial charge in [0.25, 0.3) is 0 Å². The predicted octanol–water partition coefficient (Wildman–Crippen LogP) is 1.72. The molecule has 0 aliphatic carbocycles. The van der Waals surface area contributed by atoms with E-state index in [-0.39, 0.29) is 0 Å². The van der Waals surface area contributed by atoms with E-state index in [9.17, 15) is 0 Å². The first-order chi connectivity index (χ1) is 7.75. The Hall–Kier alpha value is -1.88. The summed E-state index contributed by atoms with van der Waals surface area (Å²) in [6.45, 7) is 0.505. The van der Waals surface area contributed by atoms with Crippen LogP contribution in [0.1, 0.15) is 5.69 Å². The van der Waals surface area contributed by atoms with Crippen LogP contribution < -0.4 is 11.1 Å². The number of pyridine rings is 1. The quantitative estimate of drug-likeness (QED) is 0.793. The minimum Gasteiger partial charge on any atom is -0.396 e. The molecule has 0 fully saturated rings. The maximum absolute atomic E-state index is 5.76. The lowest BCUT2D eigenvalue weighted by Gasteiger charge is -2.07. The zero-order chi connectivity index (χ0) is 11.4. The molecule has 3 N–H and O–H groups in total. The molecule has 16 heavy (non-hydrogen) atoms. The van der Waals surface area contributed by atoms with Crippen molar-refractivity contribution in [2.24, 2.45) is 0 Å². The monoisotopic (exact) mass is 235 g/mol. The Labute approximate surface area is 97.7 Å². The third-order valence-electron chi connectivity index (χ3n) is 1.96.